The van der Waals surface area contributed by atoms with Crippen LogP contribution in [0.5, 0.6) is 0 Å². The zero-order valence-electron chi connectivity index (χ0n) is 17.0. The number of hydrogen-bond acceptors (Lipinski definition) is 6. The van der Waals surface area contributed by atoms with Crippen molar-refractivity contribution in [3.8, 4) is 0 Å². The standard InChI is InChI=1S/C22H24N2O4S/c1-14-11-17(16(3)24(14)15(2)12-27-4)19(25)13-28-22(26)10-9-21-23-18-7-5-6-8-20(18)29-21/h5-11,15H,12-13H2,1-4H3/b10-9+/t15-/m1/s1. The first-order valence-corrected chi connectivity index (χ1v) is 10.1. The van der Waals surface area contributed by atoms with Gasteiger partial charge in [0, 0.05) is 30.1 Å². The summed E-state index contributed by atoms with van der Waals surface area (Å²) in [5.41, 5.74) is 3.27. The second kappa shape index (κ2) is 9.15. The average molecular weight is 413 g/mol. The molecule has 1 atom stereocenters. The molecule has 0 unspecified atom stereocenters. The molecule has 3 aromatic rings. The number of Topliss-reactive ketones (excluding diaryl/α,β-unsaturated/α-hetero) is 1. The zero-order valence-corrected chi connectivity index (χ0v) is 17.8. The molecule has 2 heterocycles. The first-order chi connectivity index (χ1) is 13.9. The Morgan fingerprint density at radius 2 is 2.03 bits per heavy atom. The van der Waals surface area contributed by atoms with Crippen LogP contribution < -0.4 is 0 Å². The molecule has 7 heteroatoms. The van der Waals surface area contributed by atoms with Crippen molar-refractivity contribution in [3.63, 3.8) is 0 Å². The number of aromatic nitrogens is 2. The van der Waals surface area contributed by atoms with Gasteiger partial charge in [0.1, 0.15) is 5.01 Å². The first-order valence-electron chi connectivity index (χ1n) is 9.31. The van der Waals surface area contributed by atoms with Gasteiger partial charge in [-0.25, -0.2) is 9.78 Å². The molecule has 0 fully saturated rings. The van der Waals surface area contributed by atoms with Crippen molar-refractivity contribution in [1.82, 2.24) is 9.55 Å². The van der Waals surface area contributed by atoms with E-state index in [1.54, 1.807) is 13.2 Å². The summed E-state index contributed by atoms with van der Waals surface area (Å²) in [5.74, 6) is -0.796. The van der Waals surface area contributed by atoms with Crippen LogP contribution in [0, 0.1) is 13.8 Å². The van der Waals surface area contributed by atoms with Crippen molar-refractivity contribution < 1.29 is 19.1 Å². The van der Waals surface area contributed by atoms with Crippen LogP contribution in [0.1, 0.15) is 39.7 Å². The van der Waals surface area contributed by atoms with Crippen LogP contribution in [0.3, 0.4) is 0 Å². The molecule has 0 aliphatic heterocycles. The molecule has 0 aliphatic rings. The summed E-state index contributed by atoms with van der Waals surface area (Å²) in [7, 11) is 1.65. The van der Waals surface area contributed by atoms with Gasteiger partial charge < -0.3 is 14.0 Å². The Bertz CT molecular complexity index is 1030. The van der Waals surface area contributed by atoms with E-state index in [1.807, 2.05) is 51.1 Å². The minimum absolute atomic E-state index is 0.112. The molecular weight excluding hydrogens is 388 g/mol. The normalized spacial score (nSPS) is 12.6. The third kappa shape index (κ3) is 4.81. The van der Waals surface area contributed by atoms with Crippen LogP contribution in [0.2, 0.25) is 0 Å². The molecule has 1 aromatic carbocycles. The van der Waals surface area contributed by atoms with Crippen LogP contribution in [0.4, 0.5) is 0 Å². The lowest BCUT2D eigenvalue weighted by Gasteiger charge is -2.17. The van der Waals surface area contributed by atoms with Gasteiger partial charge in [-0.1, -0.05) is 12.1 Å². The average Bonchev–Trinajstić information content (AvgIpc) is 3.24. The Balaban J connectivity index is 1.61. The van der Waals surface area contributed by atoms with Crippen molar-refractivity contribution >= 4 is 39.4 Å². The van der Waals surface area contributed by atoms with Crippen LogP contribution in [-0.2, 0) is 14.3 Å². The lowest BCUT2D eigenvalue weighted by molar-refractivity contribution is -0.136. The molecule has 0 saturated heterocycles. The van der Waals surface area contributed by atoms with E-state index in [0.29, 0.717) is 17.2 Å². The molecule has 152 valence electrons. The van der Waals surface area contributed by atoms with Crippen LogP contribution >= 0.6 is 11.3 Å². The number of ether oxygens (including phenoxy) is 2. The van der Waals surface area contributed by atoms with Gasteiger partial charge in [0.2, 0.25) is 5.78 Å². The predicted molar refractivity (Wildman–Crippen MR) is 114 cm³/mol. The maximum absolute atomic E-state index is 12.6. The number of aryl methyl sites for hydroxylation is 1. The summed E-state index contributed by atoms with van der Waals surface area (Å²) in [5, 5.41) is 0.713. The third-order valence-electron chi connectivity index (χ3n) is 4.65. The topological polar surface area (TPSA) is 70.4 Å². The van der Waals surface area contributed by atoms with E-state index in [-0.39, 0.29) is 18.4 Å². The first kappa shape index (κ1) is 21.0. The molecular formula is C22H24N2O4S. The number of hydrogen-bond donors (Lipinski definition) is 0. The van der Waals surface area contributed by atoms with E-state index >= 15 is 0 Å². The molecule has 29 heavy (non-hydrogen) atoms. The second-order valence-electron chi connectivity index (χ2n) is 6.84. The smallest absolute Gasteiger partial charge is 0.331 e. The van der Waals surface area contributed by atoms with Gasteiger partial charge in [0.15, 0.2) is 6.61 Å². The van der Waals surface area contributed by atoms with E-state index in [0.717, 1.165) is 21.6 Å². The SMILES string of the molecule is COC[C@@H](C)n1c(C)cc(C(=O)COC(=O)/C=C/c2nc3ccccc3s2)c1C. The highest BCUT2D eigenvalue weighted by Gasteiger charge is 2.19. The summed E-state index contributed by atoms with van der Waals surface area (Å²) >= 11 is 1.49. The monoisotopic (exact) mass is 412 g/mol. The fourth-order valence-electron chi connectivity index (χ4n) is 3.42. The van der Waals surface area contributed by atoms with E-state index < -0.39 is 5.97 Å². The van der Waals surface area contributed by atoms with Crippen LogP contribution in [-0.4, -0.2) is 41.6 Å². The number of ketones is 1. The van der Waals surface area contributed by atoms with Gasteiger partial charge in [-0.15, -0.1) is 11.3 Å². The number of methoxy groups -OCH3 is 1. The predicted octanol–water partition coefficient (Wildman–Crippen LogP) is 4.36. The minimum atomic E-state index is -0.570. The van der Waals surface area contributed by atoms with Gasteiger partial charge in [-0.2, -0.15) is 0 Å². The number of para-hydroxylation sites is 1. The highest BCUT2D eigenvalue weighted by atomic mass is 32.1. The summed E-state index contributed by atoms with van der Waals surface area (Å²) in [6.45, 7) is 6.12. The molecule has 0 radical (unpaired) electrons. The van der Waals surface area contributed by atoms with Crippen molar-refractivity contribution in [3.05, 3.63) is 58.4 Å². The maximum atomic E-state index is 12.6. The second-order valence-corrected chi connectivity index (χ2v) is 7.91. The molecule has 6 nitrogen and oxygen atoms in total. The Kier molecular flexibility index (Phi) is 6.61. The summed E-state index contributed by atoms with van der Waals surface area (Å²) < 4.78 is 13.5. The number of fused-ring (bicyclic) bond motifs is 1. The number of carbonyl (C=O) groups is 2. The van der Waals surface area contributed by atoms with Crippen molar-refractivity contribution in [2.75, 3.05) is 20.3 Å². The maximum Gasteiger partial charge on any atom is 0.331 e. The number of nitrogens with zero attached hydrogens (tertiary/aromatic N) is 2. The summed E-state index contributed by atoms with van der Waals surface area (Å²) in [6.07, 6.45) is 2.91. The van der Waals surface area contributed by atoms with E-state index in [2.05, 4.69) is 9.55 Å². The molecule has 2 aromatic heterocycles. The molecule has 0 bridgehead atoms. The van der Waals surface area contributed by atoms with Gasteiger partial charge in [-0.3, -0.25) is 4.79 Å². The third-order valence-corrected chi connectivity index (χ3v) is 5.65. The summed E-state index contributed by atoms with van der Waals surface area (Å²) in [6, 6.07) is 9.70. The number of rotatable bonds is 8. The molecule has 0 aliphatic carbocycles. The largest absolute Gasteiger partial charge is 0.454 e. The zero-order chi connectivity index (χ0) is 21.0. The Hall–Kier alpha value is -2.77. The molecule has 0 amide bonds. The van der Waals surface area contributed by atoms with Crippen molar-refractivity contribution in [1.29, 1.82) is 0 Å². The van der Waals surface area contributed by atoms with Gasteiger partial charge in [-0.05, 0) is 45.0 Å². The fourth-order valence-corrected chi connectivity index (χ4v) is 4.29. The quantitative estimate of drug-likeness (QED) is 0.312. The van der Waals surface area contributed by atoms with Gasteiger partial charge in [0.05, 0.1) is 22.9 Å². The molecule has 3 rings (SSSR count). The summed E-state index contributed by atoms with van der Waals surface area (Å²) in [4.78, 5) is 29.0. The van der Waals surface area contributed by atoms with Crippen molar-refractivity contribution in [2.24, 2.45) is 0 Å². The Morgan fingerprint density at radius 1 is 1.28 bits per heavy atom. The van der Waals surface area contributed by atoms with E-state index in [4.69, 9.17) is 9.47 Å². The minimum Gasteiger partial charge on any atom is -0.454 e. The van der Waals surface area contributed by atoms with E-state index in [1.165, 1.54) is 17.4 Å². The molecule has 0 saturated carbocycles. The molecule has 0 N–H and O–H groups in total. The van der Waals surface area contributed by atoms with Gasteiger partial charge in [0.25, 0.3) is 0 Å². The van der Waals surface area contributed by atoms with Crippen LogP contribution in [0.25, 0.3) is 16.3 Å². The number of carbonyl (C=O) groups excluding carboxylic acids is 2. The lowest BCUT2D eigenvalue weighted by Crippen LogP contribution is -2.16. The van der Waals surface area contributed by atoms with Gasteiger partial charge >= 0.3 is 5.97 Å². The number of benzene rings is 1. The van der Waals surface area contributed by atoms with Crippen LogP contribution in [0.15, 0.2) is 36.4 Å². The lowest BCUT2D eigenvalue weighted by atomic mass is 10.1. The van der Waals surface area contributed by atoms with E-state index in [9.17, 15) is 9.59 Å². The molecule has 0 spiro atoms. The fraction of sp³-hybridized carbons (Fsp3) is 0.318. The number of thiazole rings is 1. The highest BCUT2D eigenvalue weighted by Crippen LogP contribution is 2.23. The Morgan fingerprint density at radius 3 is 2.76 bits per heavy atom. The number of esters is 1. The highest BCUT2D eigenvalue weighted by molar-refractivity contribution is 7.19. The Labute approximate surface area is 173 Å². The van der Waals surface area contributed by atoms with Crippen molar-refractivity contribution in [2.45, 2.75) is 26.8 Å².